The molecule has 2 amide bonds. The van der Waals surface area contributed by atoms with Crippen molar-refractivity contribution >= 4 is 17.7 Å². The maximum absolute atomic E-state index is 12.0. The van der Waals surface area contributed by atoms with Crippen LogP contribution in [-0.4, -0.2) is 28.3 Å². The Morgan fingerprint density at radius 2 is 1.76 bits per heavy atom. The lowest BCUT2D eigenvalue weighted by Gasteiger charge is -2.18. The van der Waals surface area contributed by atoms with Crippen LogP contribution in [0.1, 0.15) is 36.0 Å². The zero-order chi connectivity index (χ0) is 15.0. The number of hydrogen-bond donors (Lipinski definition) is 4. The van der Waals surface area contributed by atoms with E-state index < -0.39 is 5.97 Å². The third-order valence-corrected chi connectivity index (χ3v) is 4.04. The van der Waals surface area contributed by atoms with Crippen molar-refractivity contribution in [3.05, 3.63) is 23.8 Å². The lowest BCUT2D eigenvalue weighted by atomic mass is 10.1. The summed E-state index contributed by atoms with van der Waals surface area (Å²) in [6.07, 6.45) is 4.68. The smallest absolute Gasteiger partial charge is 0.339 e. The third kappa shape index (κ3) is 3.26. The average Bonchev–Trinajstić information content (AvgIpc) is 3.30. The fraction of sp³-hybridized carbons (Fsp3) is 0.467. The van der Waals surface area contributed by atoms with Crippen LogP contribution in [0.5, 0.6) is 5.75 Å². The van der Waals surface area contributed by atoms with Gasteiger partial charge >= 0.3 is 12.0 Å². The van der Waals surface area contributed by atoms with Gasteiger partial charge in [-0.15, -0.1) is 0 Å². The highest BCUT2D eigenvalue weighted by Crippen LogP contribution is 2.44. The summed E-state index contributed by atoms with van der Waals surface area (Å²) < 4.78 is 0. The Balaban J connectivity index is 1.64. The molecule has 6 nitrogen and oxygen atoms in total. The van der Waals surface area contributed by atoms with Gasteiger partial charge in [0.05, 0.1) is 0 Å². The molecule has 0 bridgehead atoms. The zero-order valence-electron chi connectivity index (χ0n) is 11.5. The molecular weight excluding hydrogens is 272 g/mol. The summed E-state index contributed by atoms with van der Waals surface area (Å²) in [6, 6.07) is 3.91. The molecule has 0 saturated heterocycles. The van der Waals surface area contributed by atoms with Crippen LogP contribution in [0.15, 0.2) is 18.2 Å². The molecule has 2 saturated carbocycles. The standard InChI is InChI=1S/C15H18N2O4/c18-12-6-5-10(7-11(12)14(19)20)16-15(21)17-13(8-1-2-8)9-3-4-9/h5-9,13,18H,1-4H2,(H,19,20)(H2,16,17,21). The van der Waals surface area contributed by atoms with Crippen molar-refractivity contribution in [2.24, 2.45) is 11.8 Å². The van der Waals surface area contributed by atoms with Crippen LogP contribution in [0, 0.1) is 11.8 Å². The fourth-order valence-corrected chi connectivity index (χ4v) is 2.63. The van der Waals surface area contributed by atoms with E-state index >= 15 is 0 Å². The molecule has 1 aromatic carbocycles. The van der Waals surface area contributed by atoms with Crippen LogP contribution in [0.4, 0.5) is 10.5 Å². The topological polar surface area (TPSA) is 98.7 Å². The van der Waals surface area contributed by atoms with Gasteiger partial charge in [0.15, 0.2) is 0 Å². The van der Waals surface area contributed by atoms with E-state index in [4.69, 9.17) is 5.11 Å². The predicted molar refractivity (Wildman–Crippen MR) is 76.5 cm³/mol. The van der Waals surface area contributed by atoms with Gasteiger partial charge in [-0.2, -0.15) is 0 Å². The second kappa shape index (κ2) is 5.27. The van der Waals surface area contributed by atoms with E-state index in [2.05, 4.69) is 10.6 Å². The number of benzene rings is 1. The molecule has 112 valence electrons. The molecular formula is C15H18N2O4. The number of nitrogens with one attached hydrogen (secondary N) is 2. The van der Waals surface area contributed by atoms with E-state index in [1.807, 2.05) is 0 Å². The summed E-state index contributed by atoms with van der Waals surface area (Å²) in [5.41, 5.74) is 0.127. The maximum Gasteiger partial charge on any atom is 0.339 e. The summed E-state index contributed by atoms with van der Waals surface area (Å²) in [6.45, 7) is 0. The van der Waals surface area contributed by atoms with Gasteiger partial charge in [0.25, 0.3) is 0 Å². The Morgan fingerprint density at radius 3 is 2.29 bits per heavy atom. The molecule has 0 spiro atoms. The summed E-state index contributed by atoms with van der Waals surface area (Å²) in [4.78, 5) is 23.0. The molecule has 0 atom stereocenters. The molecule has 2 fully saturated rings. The first-order valence-corrected chi connectivity index (χ1v) is 7.18. The molecule has 2 aliphatic rings. The number of hydrogen-bond acceptors (Lipinski definition) is 3. The Bertz CT molecular complexity index is 567. The minimum atomic E-state index is -1.23. The second-order valence-corrected chi connectivity index (χ2v) is 5.84. The van der Waals surface area contributed by atoms with Crippen molar-refractivity contribution < 1.29 is 19.8 Å². The van der Waals surface area contributed by atoms with Gasteiger partial charge in [-0.3, -0.25) is 0 Å². The molecule has 0 unspecified atom stereocenters. The minimum Gasteiger partial charge on any atom is -0.507 e. The molecule has 1 aromatic rings. The molecule has 0 aliphatic heterocycles. The molecule has 0 heterocycles. The van der Waals surface area contributed by atoms with Crippen molar-refractivity contribution in [3.8, 4) is 5.75 Å². The number of aromatic carboxylic acids is 1. The highest BCUT2D eigenvalue weighted by Gasteiger charge is 2.42. The van der Waals surface area contributed by atoms with Gasteiger partial charge in [0.2, 0.25) is 0 Å². The number of anilines is 1. The van der Waals surface area contributed by atoms with Crippen molar-refractivity contribution in [1.29, 1.82) is 0 Å². The zero-order valence-corrected chi connectivity index (χ0v) is 11.5. The summed E-state index contributed by atoms with van der Waals surface area (Å²) >= 11 is 0. The average molecular weight is 290 g/mol. The van der Waals surface area contributed by atoms with Crippen LogP contribution < -0.4 is 10.6 Å². The number of urea groups is 1. The summed E-state index contributed by atoms with van der Waals surface area (Å²) in [5.74, 6) is -0.358. The summed E-state index contributed by atoms with van der Waals surface area (Å²) in [5, 5.41) is 24.0. The van der Waals surface area contributed by atoms with Crippen LogP contribution in [0.2, 0.25) is 0 Å². The Labute approximate surface area is 122 Å². The van der Waals surface area contributed by atoms with Crippen molar-refractivity contribution in [1.82, 2.24) is 5.32 Å². The maximum atomic E-state index is 12.0. The van der Waals surface area contributed by atoms with Crippen LogP contribution >= 0.6 is 0 Å². The molecule has 4 N–H and O–H groups in total. The molecule has 0 aromatic heterocycles. The second-order valence-electron chi connectivity index (χ2n) is 5.84. The molecule has 3 rings (SSSR count). The van der Waals surface area contributed by atoms with Crippen LogP contribution in [-0.2, 0) is 0 Å². The number of aromatic hydroxyl groups is 1. The van der Waals surface area contributed by atoms with Gasteiger partial charge < -0.3 is 20.8 Å². The fourth-order valence-electron chi connectivity index (χ4n) is 2.63. The van der Waals surface area contributed by atoms with E-state index in [-0.39, 0.29) is 23.4 Å². The van der Waals surface area contributed by atoms with E-state index in [0.29, 0.717) is 17.5 Å². The number of carbonyl (C=O) groups excluding carboxylic acids is 1. The molecule has 21 heavy (non-hydrogen) atoms. The van der Waals surface area contributed by atoms with Gasteiger partial charge in [-0.05, 0) is 55.7 Å². The highest BCUT2D eigenvalue weighted by molar-refractivity contribution is 5.95. The van der Waals surface area contributed by atoms with Gasteiger partial charge in [-0.25, -0.2) is 9.59 Å². The lowest BCUT2D eigenvalue weighted by molar-refractivity contribution is 0.0693. The van der Waals surface area contributed by atoms with Gasteiger partial charge in [0, 0.05) is 11.7 Å². The number of carboxylic acid groups (broad SMARTS) is 1. The molecule has 0 radical (unpaired) electrons. The monoisotopic (exact) mass is 290 g/mol. The van der Waals surface area contributed by atoms with Gasteiger partial charge in [0.1, 0.15) is 11.3 Å². The number of phenols is 1. The van der Waals surface area contributed by atoms with Gasteiger partial charge in [-0.1, -0.05) is 0 Å². The quantitative estimate of drug-likeness (QED) is 0.626. The van der Waals surface area contributed by atoms with Crippen LogP contribution in [0.25, 0.3) is 0 Å². The Hall–Kier alpha value is -2.24. The lowest BCUT2D eigenvalue weighted by Crippen LogP contribution is -2.40. The number of carbonyl (C=O) groups is 2. The Kier molecular flexibility index (Phi) is 3.45. The van der Waals surface area contributed by atoms with E-state index in [9.17, 15) is 14.7 Å². The largest absolute Gasteiger partial charge is 0.507 e. The van der Waals surface area contributed by atoms with Crippen molar-refractivity contribution in [3.63, 3.8) is 0 Å². The van der Waals surface area contributed by atoms with Crippen molar-refractivity contribution in [2.45, 2.75) is 31.7 Å². The first-order valence-electron chi connectivity index (χ1n) is 7.18. The number of amides is 2. The SMILES string of the molecule is O=C(Nc1ccc(O)c(C(=O)O)c1)NC(C1CC1)C1CC1. The predicted octanol–water partition coefficient (Wildman–Crippen LogP) is 2.40. The normalized spacial score (nSPS) is 17.6. The highest BCUT2D eigenvalue weighted by atomic mass is 16.4. The molecule has 2 aliphatic carbocycles. The van der Waals surface area contributed by atoms with E-state index in [1.54, 1.807) is 0 Å². The third-order valence-electron chi connectivity index (χ3n) is 4.04. The van der Waals surface area contributed by atoms with Crippen molar-refractivity contribution in [2.75, 3.05) is 5.32 Å². The number of carboxylic acids is 1. The van der Waals surface area contributed by atoms with E-state index in [0.717, 1.165) is 0 Å². The van der Waals surface area contributed by atoms with Crippen LogP contribution in [0.3, 0.4) is 0 Å². The Morgan fingerprint density at radius 1 is 1.14 bits per heavy atom. The minimum absolute atomic E-state index is 0.228. The molecule has 6 heteroatoms. The summed E-state index contributed by atoms with van der Waals surface area (Å²) in [7, 11) is 0. The number of rotatable bonds is 5. The first kappa shape index (κ1) is 13.7. The first-order chi connectivity index (χ1) is 10.0. The van der Waals surface area contributed by atoms with E-state index in [1.165, 1.54) is 43.9 Å².